The van der Waals surface area contributed by atoms with Crippen LogP contribution < -0.4 is 5.32 Å². The van der Waals surface area contributed by atoms with Gasteiger partial charge in [0.25, 0.3) is 0 Å². The maximum atomic E-state index is 6.37. The quantitative estimate of drug-likeness (QED) is 0.546. The lowest BCUT2D eigenvalue weighted by Gasteiger charge is -2.23. The van der Waals surface area contributed by atoms with E-state index < -0.39 is 0 Å². The molecule has 1 aliphatic carbocycles. The van der Waals surface area contributed by atoms with Crippen LogP contribution in [0.15, 0.2) is 11.6 Å². The fraction of sp³-hybridized carbons (Fsp3) is 0.882. The third-order valence-corrected chi connectivity index (χ3v) is 4.70. The van der Waals surface area contributed by atoms with E-state index in [0.717, 1.165) is 32.5 Å². The van der Waals surface area contributed by atoms with Crippen LogP contribution in [0.3, 0.4) is 0 Å². The Morgan fingerprint density at radius 2 is 2.10 bits per heavy atom. The molecule has 116 valence electrons. The minimum absolute atomic E-state index is 0.284. The molecule has 2 fully saturated rings. The molecule has 1 heterocycles. The van der Waals surface area contributed by atoms with E-state index in [4.69, 9.17) is 9.47 Å². The van der Waals surface area contributed by atoms with E-state index in [9.17, 15) is 0 Å². The van der Waals surface area contributed by atoms with Crippen LogP contribution in [0.25, 0.3) is 0 Å². The molecule has 1 aliphatic heterocycles. The molecule has 0 aromatic heterocycles. The van der Waals surface area contributed by atoms with Gasteiger partial charge in [-0.05, 0) is 52.0 Å². The van der Waals surface area contributed by atoms with Gasteiger partial charge >= 0.3 is 0 Å². The van der Waals surface area contributed by atoms with Crippen LogP contribution in [-0.4, -0.2) is 38.5 Å². The number of ether oxygens (including phenoxy) is 2. The van der Waals surface area contributed by atoms with Gasteiger partial charge in [0, 0.05) is 13.7 Å². The Hall–Kier alpha value is -0.380. The molecule has 2 aliphatic rings. The van der Waals surface area contributed by atoms with Crippen molar-refractivity contribution < 1.29 is 9.47 Å². The normalized spacial score (nSPS) is 25.7. The van der Waals surface area contributed by atoms with Crippen LogP contribution in [0.2, 0.25) is 0 Å². The second-order valence-corrected chi connectivity index (χ2v) is 6.45. The number of hydrogen-bond donors (Lipinski definition) is 1. The Morgan fingerprint density at radius 1 is 1.30 bits per heavy atom. The second kappa shape index (κ2) is 8.16. The monoisotopic (exact) mass is 281 g/mol. The Morgan fingerprint density at radius 3 is 2.85 bits per heavy atom. The van der Waals surface area contributed by atoms with E-state index >= 15 is 0 Å². The standard InChI is InChI=1S/C17H31NO2/c1-15(6-5-11-18-12-13-19-2)14-16-7-10-17(20-16)8-3-4-9-17/h6,16,18H,3-5,7-14H2,1-2H3/b15-6-. The lowest BCUT2D eigenvalue weighted by Crippen LogP contribution is -2.24. The summed E-state index contributed by atoms with van der Waals surface area (Å²) in [6.07, 6.45) is 13.0. The van der Waals surface area contributed by atoms with Crippen molar-refractivity contribution in [2.75, 3.05) is 26.8 Å². The lowest BCUT2D eigenvalue weighted by atomic mass is 9.97. The van der Waals surface area contributed by atoms with Gasteiger partial charge in [0.15, 0.2) is 0 Å². The highest BCUT2D eigenvalue weighted by Gasteiger charge is 2.41. The fourth-order valence-electron chi connectivity index (χ4n) is 3.59. The summed E-state index contributed by atoms with van der Waals surface area (Å²) in [6.45, 7) is 5.02. The summed E-state index contributed by atoms with van der Waals surface area (Å²) < 4.78 is 11.4. The SMILES string of the molecule is COCCNCC/C=C(/C)CC1CCC2(CCCC2)O1. The molecule has 1 unspecified atom stereocenters. The third-order valence-electron chi connectivity index (χ3n) is 4.70. The van der Waals surface area contributed by atoms with Gasteiger partial charge in [-0.1, -0.05) is 24.5 Å². The summed E-state index contributed by atoms with van der Waals surface area (Å²) in [6, 6.07) is 0. The van der Waals surface area contributed by atoms with Crippen molar-refractivity contribution in [2.45, 2.75) is 70.0 Å². The Labute approximate surface area is 124 Å². The molecule has 1 spiro atoms. The molecule has 1 N–H and O–H groups in total. The van der Waals surface area contributed by atoms with Crippen molar-refractivity contribution in [3.8, 4) is 0 Å². The molecule has 20 heavy (non-hydrogen) atoms. The lowest BCUT2D eigenvalue weighted by molar-refractivity contribution is -0.0354. The van der Waals surface area contributed by atoms with Gasteiger partial charge in [-0.25, -0.2) is 0 Å². The fourth-order valence-corrected chi connectivity index (χ4v) is 3.59. The summed E-state index contributed by atoms with van der Waals surface area (Å²) in [5.41, 5.74) is 1.77. The highest BCUT2D eigenvalue weighted by molar-refractivity contribution is 5.03. The summed E-state index contributed by atoms with van der Waals surface area (Å²) in [4.78, 5) is 0. The maximum absolute atomic E-state index is 6.37. The van der Waals surface area contributed by atoms with Crippen LogP contribution >= 0.6 is 0 Å². The molecule has 0 radical (unpaired) electrons. The first kappa shape index (κ1) is 16.0. The van der Waals surface area contributed by atoms with Crippen LogP contribution in [0.5, 0.6) is 0 Å². The molecular weight excluding hydrogens is 250 g/mol. The van der Waals surface area contributed by atoms with Gasteiger partial charge < -0.3 is 14.8 Å². The molecule has 2 rings (SSSR count). The van der Waals surface area contributed by atoms with Crippen molar-refractivity contribution in [3.63, 3.8) is 0 Å². The van der Waals surface area contributed by atoms with E-state index in [1.165, 1.54) is 44.1 Å². The van der Waals surface area contributed by atoms with Crippen LogP contribution in [0.1, 0.15) is 58.3 Å². The van der Waals surface area contributed by atoms with Gasteiger partial charge in [-0.3, -0.25) is 0 Å². The van der Waals surface area contributed by atoms with Crippen molar-refractivity contribution >= 4 is 0 Å². The topological polar surface area (TPSA) is 30.5 Å². The molecule has 1 saturated heterocycles. The minimum atomic E-state index is 0.284. The summed E-state index contributed by atoms with van der Waals surface area (Å²) in [7, 11) is 1.74. The zero-order valence-electron chi connectivity index (χ0n) is 13.2. The van der Waals surface area contributed by atoms with Gasteiger partial charge in [-0.2, -0.15) is 0 Å². The van der Waals surface area contributed by atoms with Gasteiger partial charge in [0.2, 0.25) is 0 Å². The molecule has 3 heteroatoms. The summed E-state index contributed by atoms with van der Waals surface area (Å²) in [5, 5.41) is 3.37. The Balaban J connectivity index is 1.61. The van der Waals surface area contributed by atoms with Gasteiger partial charge in [-0.15, -0.1) is 0 Å². The first-order valence-corrected chi connectivity index (χ1v) is 8.27. The highest BCUT2D eigenvalue weighted by atomic mass is 16.5. The molecule has 0 aromatic carbocycles. The van der Waals surface area contributed by atoms with E-state index in [2.05, 4.69) is 18.3 Å². The average molecular weight is 281 g/mol. The molecule has 0 bridgehead atoms. The average Bonchev–Trinajstić information content (AvgIpc) is 3.05. The number of nitrogens with one attached hydrogen (secondary N) is 1. The molecule has 0 aromatic rings. The van der Waals surface area contributed by atoms with Gasteiger partial charge in [0.05, 0.1) is 18.3 Å². The molecular formula is C17H31NO2. The Kier molecular flexibility index (Phi) is 6.53. The number of hydrogen-bond acceptors (Lipinski definition) is 3. The molecule has 0 amide bonds. The molecule has 1 atom stereocenters. The van der Waals surface area contributed by atoms with Crippen molar-refractivity contribution in [2.24, 2.45) is 0 Å². The highest BCUT2D eigenvalue weighted by Crippen LogP contribution is 2.44. The van der Waals surface area contributed by atoms with Crippen LogP contribution in [-0.2, 0) is 9.47 Å². The van der Waals surface area contributed by atoms with Gasteiger partial charge in [0.1, 0.15) is 0 Å². The van der Waals surface area contributed by atoms with Crippen LogP contribution in [0, 0.1) is 0 Å². The van der Waals surface area contributed by atoms with Crippen molar-refractivity contribution in [1.29, 1.82) is 0 Å². The predicted molar refractivity (Wildman–Crippen MR) is 83.0 cm³/mol. The zero-order valence-corrected chi connectivity index (χ0v) is 13.2. The van der Waals surface area contributed by atoms with E-state index in [0.29, 0.717) is 6.10 Å². The Bertz CT molecular complexity index is 308. The minimum Gasteiger partial charge on any atom is -0.383 e. The molecule has 1 saturated carbocycles. The predicted octanol–water partition coefficient (Wildman–Crippen LogP) is 3.44. The largest absolute Gasteiger partial charge is 0.383 e. The van der Waals surface area contributed by atoms with Crippen LogP contribution in [0.4, 0.5) is 0 Å². The van der Waals surface area contributed by atoms with E-state index in [1.807, 2.05) is 0 Å². The van der Waals surface area contributed by atoms with E-state index in [-0.39, 0.29) is 5.60 Å². The number of rotatable bonds is 8. The zero-order chi connectivity index (χ0) is 14.3. The second-order valence-electron chi connectivity index (χ2n) is 6.45. The van der Waals surface area contributed by atoms with Crippen molar-refractivity contribution in [1.82, 2.24) is 5.32 Å². The maximum Gasteiger partial charge on any atom is 0.0687 e. The summed E-state index contributed by atoms with van der Waals surface area (Å²) in [5.74, 6) is 0. The number of methoxy groups -OCH3 is 1. The third kappa shape index (κ3) is 4.87. The van der Waals surface area contributed by atoms with Crippen molar-refractivity contribution in [3.05, 3.63) is 11.6 Å². The smallest absolute Gasteiger partial charge is 0.0687 e. The summed E-state index contributed by atoms with van der Waals surface area (Å²) >= 11 is 0. The first-order valence-electron chi connectivity index (χ1n) is 8.27. The van der Waals surface area contributed by atoms with E-state index in [1.54, 1.807) is 7.11 Å². The molecule has 3 nitrogen and oxygen atoms in total. The first-order chi connectivity index (χ1) is 9.74.